The summed E-state index contributed by atoms with van der Waals surface area (Å²) >= 11 is 4.70. The van der Waals surface area contributed by atoms with Gasteiger partial charge in [0, 0.05) is 0 Å². The van der Waals surface area contributed by atoms with Gasteiger partial charge in [0.05, 0.1) is 0 Å². The molecule has 0 spiro atoms. The number of nitrogens with two attached hydrogens (primary N) is 1. The average Bonchev–Trinajstić information content (AvgIpc) is 2.37. The van der Waals surface area contributed by atoms with Gasteiger partial charge in [-0.3, -0.25) is 4.79 Å². The minimum atomic E-state index is -3.72. The van der Waals surface area contributed by atoms with Crippen LogP contribution < -0.4 is 14.8 Å². The van der Waals surface area contributed by atoms with Crippen LogP contribution in [0.5, 0.6) is 5.75 Å². The van der Waals surface area contributed by atoms with E-state index in [4.69, 9.17) is 22.7 Å². The van der Waals surface area contributed by atoms with E-state index in [0.29, 0.717) is 0 Å². The van der Waals surface area contributed by atoms with Gasteiger partial charge in [-0.05, 0) is 26.0 Å². The molecular weight excluding hydrogens is 300 g/mol. The normalized spacial score (nSPS) is 19.3. The van der Waals surface area contributed by atoms with E-state index in [1.807, 2.05) is 0 Å². The number of para-hydroxylation sites is 2. The molecule has 0 bridgehead atoms. The molecule has 8 heteroatoms. The van der Waals surface area contributed by atoms with Crippen molar-refractivity contribution in [3.63, 3.8) is 0 Å². The Morgan fingerprint density at radius 1 is 1.40 bits per heavy atom. The average molecular weight is 314 g/mol. The lowest BCUT2D eigenvalue weighted by atomic mass is 10.1. The van der Waals surface area contributed by atoms with Crippen LogP contribution in [0.25, 0.3) is 0 Å². The van der Waals surface area contributed by atoms with E-state index < -0.39 is 20.7 Å². The fourth-order valence-corrected chi connectivity index (χ4v) is 3.34. The molecule has 1 saturated heterocycles. The van der Waals surface area contributed by atoms with Gasteiger partial charge in [0.15, 0.2) is 4.75 Å². The Balaban J connectivity index is 2.40. The molecule has 0 radical (unpaired) electrons. The van der Waals surface area contributed by atoms with E-state index in [0.717, 1.165) is 4.31 Å². The summed E-state index contributed by atoms with van der Waals surface area (Å²) in [6, 6.07) is 6.35. The van der Waals surface area contributed by atoms with Crippen LogP contribution in [-0.2, 0) is 14.8 Å². The Labute approximate surface area is 122 Å². The summed E-state index contributed by atoms with van der Waals surface area (Å²) in [7, 11) is -3.72. The molecule has 1 fully saturated rings. The lowest BCUT2D eigenvalue weighted by Crippen LogP contribution is -2.67. The van der Waals surface area contributed by atoms with Crippen LogP contribution in [-0.4, -0.2) is 30.7 Å². The molecule has 20 heavy (non-hydrogen) atoms. The number of carbonyl (C=O) groups is 1. The SMILES string of the molecule is CC1(C)C(=O)N(c2ccccc2OCC(N)=S)S1(=O)=O. The molecule has 1 amide bonds. The highest BCUT2D eigenvalue weighted by Crippen LogP contribution is 2.42. The molecule has 108 valence electrons. The molecule has 0 unspecified atom stereocenters. The maximum Gasteiger partial charge on any atom is 0.263 e. The van der Waals surface area contributed by atoms with Crippen molar-refractivity contribution >= 4 is 38.8 Å². The molecule has 0 aliphatic carbocycles. The number of benzene rings is 1. The van der Waals surface area contributed by atoms with Crippen LogP contribution in [0.1, 0.15) is 13.8 Å². The second kappa shape index (κ2) is 4.71. The third kappa shape index (κ3) is 2.04. The second-order valence-corrected chi connectivity index (χ2v) is 7.67. The molecule has 0 saturated carbocycles. The first-order chi connectivity index (χ1) is 9.19. The van der Waals surface area contributed by atoms with E-state index in [9.17, 15) is 13.2 Å². The molecule has 1 aromatic rings. The highest BCUT2D eigenvalue weighted by atomic mass is 32.2. The summed E-state index contributed by atoms with van der Waals surface area (Å²) in [4.78, 5) is 12.2. The van der Waals surface area contributed by atoms with Crippen molar-refractivity contribution in [1.29, 1.82) is 0 Å². The number of thiocarbonyl (C=S) groups is 1. The van der Waals surface area contributed by atoms with Gasteiger partial charge in [0.1, 0.15) is 23.0 Å². The number of hydrogen-bond acceptors (Lipinski definition) is 5. The number of sulfonamides is 1. The zero-order valence-corrected chi connectivity index (χ0v) is 12.6. The van der Waals surface area contributed by atoms with Crippen molar-refractivity contribution in [3.8, 4) is 5.75 Å². The van der Waals surface area contributed by atoms with Crippen LogP contribution in [0.4, 0.5) is 5.69 Å². The highest BCUT2D eigenvalue weighted by molar-refractivity contribution is 7.98. The van der Waals surface area contributed by atoms with Gasteiger partial charge in [-0.25, -0.2) is 12.7 Å². The van der Waals surface area contributed by atoms with Gasteiger partial charge in [0.2, 0.25) is 0 Å². The van der Waals surface area contributed by atoms with Crippen molar-refractivity contribution in [2.24, 2.45) is 5.73 Å². The lowest BCUT2D eigenvalue weighted by molar-refractivity contribution is -0.120. The third-order valence-electron chi connectivity index (χ3n) is 3.04. The first-order valence-electron chi connectivity index (χ1n) is 5.79. The van der Waals surface area contributed by atoms with Crippen LogP contribution in [0.2, 0.25) is 0 Å². The minimum absolute atomic E-state index is 0.0299. The Kier molecular flexibility index (Phi) is 3.47. The molecule has 1 aromatic carbocycles. The predicted molar refractivity (Wildman–Crippen MR) is 79.2 cm³/mol. The molecule has 6 nitrogen and oxygen atoms in total. The number of rotatable bonds is 4. The fraction of sp³-hybridized carbons (Fsp3) is 0.333. The van der Waals surface area contributed by atoms with Crippen LogP contribution in [0.15, 0.2) is 24.3 Å². The molecular formula is C12H14N2O4S2. The number of nitrogens with zero attached hydrogens (tertiary/aromatic N) is 1. The minimum Gasteiger partial charge on any atom is -0.484 e. The summed E-state index contributed by atoms with van der Waals surface area (Å²) in [5, 5.41) is 0. The quantitative estimate of drug-likeness (QED) is 0.827. The molecule has 1 heterocycles. The van der Waals surface area contributed by atoms with Gasteiger partial charge in [-0.15, -0.1) is 0 Å². The van der Waals surface area contributed by atoms with Crippen LogP contribution in [0.3, 0.4) is 0 Å². The van der Waals surface area contributed by atoms with Gasteiger partial charge in [-0.1, -0.05) is 24.4 Å². The highest BCUT2D eigenvalue weighted by Gasteiger charge is 2.61. The van der Waals surface area contributed by atoms with Gasteiger partial charge in [-0.2, -0.15) is 0 Å². The van der Waals surface area contributed by atoms with E-state index >= 15 is 0 Å². The number of ether oxygens (including phenoxy) is 1. The summed E-state index contributed by atoms with van der Waals surface area (Å²) in [5.74, 6) is -0.253. The van der Waals surface area contributed by atoms with Crippen molar-refractivity contribution in [2.75, 3.05) is 10.9 Å². The van der Waals surface area contributed by atoms with E-state index in [1.54, 1.807) is 18.2 Å². The van der Waals surface area contributed by atoms with Crippen LogP contribution >= 0.6 is 12.2 Å². The molecule has 0 atom stereocenters. The Hall–Kier alpha value is -1.67. The van der Waals surface area contributed by atoms with E-state index in [1.165, 1.54) is 19.9 Å². The van der Waals surface area contributed by atoms with Crippen molar-refractivity contribution in [3.05, 3.63) is 24.3 Å². The number of amides is 1. The fourth-order valence-electron chi connectivity index (χ4n) is 1.79. The summed E-state index contributed by atoms with van der Waals surface area (Å²) in [6.07, 6.45) is 0. The van der Waals surface area contributed by atoms with Crippen LogP contribution in [0, 0.1) is 0 Å². The first kappa shape index (κ1) is 14.7. The number of anilines is 1. The topological polar surface area (TPSA) is 89.7 Å². The zero-order valence-electron chi connectivity index (χ0n) is 11.0. The van der Waals surface area contributed by atoms with Crippen molar-refractivity contribution < 1.29 is 17.9 Å². The lowest BCUT2D eigenvalue weighted by Gasteiger charge is -2.43. The Morgan fingerprint density at radius 2 is 2.00 bits per heavy atom. The Morgan fingerprint density at radius 3 is 2.55 bits per heavy atom. The smallest absolute Gasteiger partial charge is 0.263 e. The van der Waals surface area contributed by atoms with Gasteiger partial charge >= 0.3 is 0 Å². The third-order valence-corrected chi connectivity index (χ3v) is 5.46. The largest absolute Gasteiger partial charge is 0.484 e. The molecule has 1 aliphatic heterocycles. The first-order valence-corrected chi connectivity index (χ1v) is 7.64. The Bertz CT molecular complexity index is 682. The summed E-state index contributed by atoms with van der Waals surface area (Å²) < 4.78 is 29.0. The van der Waals surface area contributed by atoms with Crippen molar-refractivity contribution in [2.45, 2.75) is 18.6 Å². The monoisotopic (exact) mass is 314 g/mol. The maximum atomic E-state index is 12.2. The number of hydrogen-bond donors (Lipinski definition) is 1. The molecule has 0 aromatic heterocycles. The predicted octanol–water partition coefficient (Wildman–Crippen LogP) is 0.807. The number of carbonyl (C=O) groups excluding carboxylic acids is 1. The maximum absolute atomic E-state index is 12.2. The molecule has 1 aliphatic rings. The van der Waals surface area contributed by atoms with Gasteiger partial charge < -0.3 is 10.5 Å². The second-order valence-electron chi connectivity index (χ2n) is 4.81. The van der Waals surface area contributed by atoms with Crippen molar-refractivity contribution in [1.82, 2.24) is 0 Å². The van der Waals surface area contributed by atoms with E-state index in [-0.39, 0.29) is 23.0 Å². The molecule has 2 rings (SSSR count). The standard InChI is InChI=1S/C12H14N2O4S2/c1-12(2)11(15)14(20(12,16)17)8-5-3-4-6-9(8)18-7-10(13)19/h3-6H,7H2,1-2H3,(H2,13,19). The zero-order chi connectivity index (χ0) is 15.1. The summed E-state index contributed by atoms with van der Waals surface area (Å²) in [6.45, 7) is 2.72. The summed E-state index contributed by atoms with van der Waals surface area (Å²) in [5.41, 5.74) is 5.52. The van der Waals surface area contributed by atoms with Gasteiger partial charge in [0.25, 0.3) is 15.9 Å². The molecule has 2 N–H and O–H groups in total. The van der Waals surface area contributed by atoms with E-state index in [2.05, 4.69) is 0 Å².